The van der Waals surface area contributed by atoms with Crippen LogP contribution in [0.5, 0.6) is 0 Å². The number of carboxylic acid groups (broad SMARTS) is 1. The van der Waals surface area contributed by atoms with E-state index in [2.05, 4.69) is 5.32 Å². The molecule has 2 N–H and O–H groups in total. The molecular formula is C13H21NO5. The van der Waals surface area contributed by atoms with E-state index in [4.69, 9.17) is 9.47 Å². The first-order valence-corrected chi connectivity index (χ1v) is 6.76. The summed E-state index contributed by atoms with van der Waals surface area (Å²) >= 11 is 0. The maximum Gasteiger partial charge on any atom is 0.329 e. The van der Waals surface area contributed by atoms with Crippen molar-refractivity contribution in [3.8, 4) is 0 Å². The molecule has 108 valence electrons. The maximum atomic E-state index is 12.3. The van der Waals surface area contributed by atoms with Gasteiger partial charge in [-0.15, -0.1) is 0 Å². The highest BCUT2D eigenvalue weighted by atomic mass is 16.5. The number of carbonyl (C=O) groups is 2. The highest BCUT2D eigenvalue weighted by molar-refractivity contribution is 5.88. The number of hydrogen-bond acceptors (Lipinski definition) is 4. The van der Waals surface area contributed by atoms with Gasteiger partial charge in [-0.05, 0) is 12.3 Å². The van der Waals surface area contributed by atoms with Gasteiger partial charge < -0.3 is 19.9 Å². The summed E-state index contributed by atoms with van der Waals surface area (Å²) < 4.78 is 10.5. The molecule has 0 bridgehead atoms. The van der Waals surface area contributed by atoms with Crippen LogP contribution >= 0.6 is 0 Å². The Hall–Kier alpha value is -1.14. The lowest BCUT2D eigenvalue weighted by Crippen LogP contribution is -2.59. The van der Waals surface area contributed by atoms with Gasteiger partial charge >= 0.3 is 5.97 Å². The fraction of sp³-hybridized carbons (Fsp3) is 0.846. The predicted molar refractivity (Wildman–Crippen MR) is 66.7 cm³/mol. The SMILES string of the molecule is CC1COCCC1C(=O)NC1(C(=O)O)CCOCC1. The monoisotopic (exact) mass is 271 g/mol. The van der Waals surface area contributed by atoms with E-state index in [9.17, 15) is 14.7 Å². The number of nitrogens with one attached hydrogen (secondary N) is 1. The summed E-state index contributed by atoms with van der Waals surface area (Å²) in [5.74, 6) is -1.17. The second-order valence-corrected chi connectivity index (χ2v) is 5.44. The van der Waals surface area contributed by atoms with Crippen molar-refractivity contribution in [1.82, 2.24) is 5.32 Å². The van der Waals surface area contributed by atoms with Gasteiger partial charge in [-0.1, -0.05) is 6.92 Å². The Labute approximate surface area is 112 Å². The van der Waals surface area contributed by atoms with Crippen molar-refractivity contribution in [2.24, 2.45) is 11.8 Å². The van der Waals surface area contributed by atoms with Gasteiger partial charge in [-0.2, -0.15) is 0 Å². The number of ether oxygens (including phenoxy) is 2. The third kappa shape index (κ3) is 3.06. The van der Waals surface area contributed by atoms with E-state index in [1.54, 1.807) is 0 Å². The second kappa shape index (κ2) is 5.88. The van der Waals surface area contributed by atoms with Crippen LogP contribution in [0.1, 0.15) is 26.2 Å². The van der Waals surface area contributed by atoms with Crippen molar-refractivity contribution in [1.29, 1.82) is 0 Å². The van der Waals surface area contributed by atoms with E-state index in [1.165, 1.54) is 0 Å². The molecular weight excluding hydrogens is 250 g/mol. The minimum Gasteiger partial charge on any atom is -0.480 e. The summed E-state index contributed by atoms with van der Waals surface area (Å²) in [6.45, 7) is 3.82. The van der Waals surface area contributed by atoms with E-state index < -0.39 is 11.5 Å². The molecule has 0 aromatic carbocycles. The first-order chi connectivity index (χ1) is 9.05. The Morgan fingerprint density at radius 2 is 1.89 bits per heavy atom. The normalized spacial score (nSPS) is 30.6. The fourth-order valence-corrected chi connectivity index (χ4v) is 2.71. The molecule has 0 aromatic heterocycles. The van der Waals surface area contributed by atoms with Gasteiger partial charge in [0.25, 0.3) is 0 Å². The summed E-state index contributed by atoms with van der Waals surface area (Å²) in [4.78, 5) is 23.8. The predicted octanol–water partition coefficient (Wildman–Crippen LogP) is 0.409. The van der Waals surface area contributed by atoms with Gasteiger partial charge in [0, 0.05) is 45.2 Å². The molecule has 2 saturated heterocycles. The molecule has 2 aliphatic rings. The van der Waals surface area contributed by atoms with Crippen molar-refractivity contribution in [3.63, 3.8) is 0 Å². The third-order valence-corrected chi connectivity index (χ3v) is 4.10. The Kier molecular flexibility index (Phi) is 4.42. The standard InChI is InChI=1S/C13H21NO5/c1-9-8-19-5-2-10(9)11(15)14-13(12(16)17)3-6-18-7-4-13/h9-10H,2-8H2,1H3,(H,14,15)(H,16,17). The molecule has 2 fully saturated rings. The Morgan fingerprint density at radius 3 is 2.47 bits per heavy atom. The molecule has 1 amide bonds. The molecule has 0 radical (unpaired) electrons. The number of aliphatic carboxylic acids is 1. The van der Waals surface area contributed by atoms with E-state index in [-0.39, 0.29) is 17.7 Å². The zero-order valence-corrected chi connectivity index (χ0v) is 11.2. The van der Waals surface area contributed by atoms with Gasteiger partial charge in [0.05, 0.1) is 0 Å². The quantitative estimate of drug-likeness (QED) is 0.776. The van der Waals surface area contributed by atoms with Gasteiger partial charge in [-0.25, -0.2) is 4.79 Å². The second-order valence-electron chi connectivity index (χ2n) is 5.44. The highest BCUT2D eigenvalue weighted by Crippen LogP contribution is 2.26. The molecule has 2 rings (SSSR count). The summed E-state index contributed by atoms with van der Waals surface area (Å²) in [6.07, 6.45) is 1.30. The van der Waals surface area contributed by atoms with Crippen LogP contribution in [0.3, 0.4) is 0 Å². The Morgan fingerprint density at radius 1 is 1.21 bits per heavy atom. The maximum absolute atomic E-state index is 12.3. The number of hydrogen-bond donors (Lipinski definition) is 2. The molecule has 0 saturated carbocycles. The van der Waals surface area contributed by atoms with Crippen molar-refractivity contribution in [3.05, 3.63) is 0 Å². The third-order valence-electron chi connectivity index (χ3n) is 4.10. The molecule has 0 spiro atoms. The van der Waals surface area contributed by atoms with Gasteiger partial charge in [0.1, 0.15) is 5.54 Å². The van der Waals surface area contributed by atoms with Crippen molar-refractivity contribution < 1.29 is 24.2 Å². The van der Waals surface area contributed by atoms with E-state index in [1.807, 2.05) is 6.92 Å². The Bertz CT molecular complexity index is 351. The summed E-state index contributed by atoms with van der Waals surface area (Å²) in [6, 6.07) is 0. The minimum atomic E-state index is -1.16. The van der Waals surface area contributed by atoms with E-state index in [0.29, 0.717) is 45.7 Å². The lowest BCUT2D eigenvalue weighted by Gasteiger charge is -2.36. The lowest BCUT2D eigenvalue weighted by molar-refractivity contribution is -0.154. The van der Waals surface area contributed by atoms with Crippen LogP contribution in [0.25, 0.3) is 0 Å². The van der Waals surface area contributed by atoms with E-state index >= 15 is 0 Å². The van der Waals surface area contributed by atoms with Crippen molar-refractivity contribution in [2.75, 3.05) is 26.4 Å². The van der Waals surface area contributed by atoms with Crippen LogP contribution in [0.4, 0.5) is 0 Å². The molecule has 2 unspecified atom stereocenters. The number of amides is 1. The van der Waals surface area contributed by atoms with Crippen LogP contribution in [0.15, 0.2) is 0 Å². The van der Waals surface area contributed by atoms with Crippen molar-refractivity contribution in [2.45, 2.75) is 31.7 Å². The number of rotatable bonds is 3. The summed E-state index contributed by atoms with van der Waals surface area (Å²) in [5.41, 5.74) is -1.16. The first kappa shape index (κ1) is 14.3. The molecule has 0 aliphatic carbocycles. The van der Waals surface area contributed by atoms with Crippen molar-refractivity contribution >= 4 is 11.9 Å². The molecule has 0 aromatic rings. The smallest absolute Gasteiger partial charge is 0.329 e. The molecule has 2 heterocycles. The summed E-state index contributed by atoms with van der Waals surface area (Å²) in [5, 5.41) is 12.2. The average Bonchev–Trinajstić information content (AvgIpc) is 2.40. The zero-order valence-electron chi connectivity index (χ0n) is 11.2. The van der Waals surface area contributed by atoms with E-state index in [0.717, 1.165) is 0 Å². The summed E-state index contributed by atoms with van der Waals surface area (Å²) in [7, 11) is 0. The van der Waals surface area contributed by atoms with Crippen LogP contribution in [0, 0.1) is 11.8 Å². The highest BCUT2D eigenvalue weighted by Gasteiger charge is 2.43. The Balaban J connectivity index is 2.04. The van der Waals surface area contributed by atoms with Crippen LogP contribution in [-0.4, -0.2) is 48.9 Å². The van der Waals surface area contributed by atoms with Gasteiger partial charge in [-0.3, -0.25) is 4.79 Å². The number of carboxylic acids is 1. The first-order valence-electron chi connectivity index (χ1n) is 6.76. The molecule has 6 heteroatoms. The molecule has 2 aliphatic heterocycles. The lowest BCUT2D eigenvalue weighted by atomic mass is 9.85. The van der Waals surface area contributed by atoms with Gasteiger partial charge in [0.2, 0.25) is 5.91 Å². The average molecular weight is 271 g/mol. The molecule has 2 atom stereocenters. The molecule has 6 nitrogen and oxygen atoms in total. The number of carbonyl (C=O) groups excluding carboxylic acids is 1. The van der Waals surface area contributed by atoms with Crippen LogP contribution < -0.4 is 5.32 Å². The fourth-order valence-electron chi connectivity index (χ4n) is 2.71. The van der Waals surface area contributed by atoms with Crippen LogP contribution in [0.2, 0.25) is 0 Å². The van der Waals surface area contributed by atoms with Crippen LogP contribution in [-0.2, 0) is 19.1 Å². The minimum absolute atomic E-state index is 0.124. The largest absolute Gasteiger partial charge is 0.480 e. The topological polar surface area (TPSA) is 84.9 Å². The molecule has 19 heavy (non-hydrogen) atoms. The van der Waals surface area contributed by atoms with Gasteiger partial charge in [0.15, 0.2) is 0 Å². The zero-order chi connectivity index (χ0) is 13.9.